The average Bonchev–Trinajstić information content (AvgIpc) is 3.34. The van der Waals surface area contributed by atoms with Crippen LogP contribution in [0.5, 0.6) is 0 Å². The molecule has 34 heavy (non-hydrogen) atoms. The minimum Gasteiger partial charge on any atom is -0.463 e. The van der Waals surface area contributed by atoms with E-state index < -0.39 is 32.9 Å². The number of amides is 1. The zero-order valence-corrected chi connectivity index (χ0v) is 19.8. The molecule has 11 heteroatoms. The van der Waals surface area contributed by atoms with Gasteiger partial charge < -0.3 is 10.1 Å². The lowest BCUT2D eigenvalue weighted by molar-refractivity contribution is -0.385. The molecule has 0 saturated carbocycles. The van der Waals surface area contributed by atoms with Crippen molar-refractivity contribution in [3.8, 4) is 0 Å². The van der Waals surface area contributed by atoms with E-state index >= 15 is 0 Å². The summed E-state index contributed by atoms with van der Waals surface area (Å²) in [5.74, 6) is -1.23. The van der Waals surface area contributed by atoms with Crippen LogP contribution in [0.4, 0.5) is 5.69 Å². The Labute approximate surface area is 198 Å². The topological polar surface area (TPSA) is 136 Å². The lowest BCUT2D eigenvalue weighted by Crippen LogP contribution is -2.31. The number of benzene rings is 2. The number of carbonyl (C=O) groups is 2. The zero-order valence-electron chi connectivity index (χ0n) is 19.0. The van der Waals surface area contributed by atoms with E-state index in [9.17, 15) is 28.1 Å². The fraction of sp³-hybridized carbons (Fsp3) is 0.391. The molecule has 2 aromatic rings. The van der Waals surface area contributed by atoms with Crippen LogP contribution in [0.25, 0.3) is 0 Å². The van der Waals surface area contributed by atoms with Crippen molar-refractivity contribution in [1.82, 2.24) is 9.62 Å². The summed E-state index contributed by atoms with van der Waals surface area (Å²) in [6.45, 7) is 4.28. The molecule has 3 rings (SSSR count). The van der Waals surface area contributed by atoms with Crippen molar-refractivity contribution in [2.45, 2.75) is 50.2 Å². The Kier molecular flexibility index (Phi) is 8.00. The molecule has 182 valence electrons. The highest BCUT2D eigenvalue weighted by atomic mass is 32.2. The number of nitrogens with zero attached hydrogens (tertiary/aromatic N) is 2. The second-order valence-electron chi connectivity index (χ2n) is 8.22. The van der Waals surface area contributed by atoms with Crippen LogP contribution in [0.3, 0.4) is 0 Å². The van der Waals surface area contributed by atoms with Crippen LogP contribution in [0.1, 0.15) is 55.1 Å². The Morgan fingerprint density at radius 1 is 1.09 bits per heavy atom. The number of esters is 1. The number of hydrogen-bond acceptors (Lipinski definition) is 7. The van der Waals surface area contributed by atoms with Gasteiger partial charge in [-0.3, -0.25) is 19.7 Å². The van der Waals surface area contributed by atoms with Crippen molar-refractivity contribution in [2.75, 3.05) is 13.1 Å². The predicted octanol–water partition coefficient (Wildman–Crippen LogP) is 3.19. The largest absolute Gasteiger partial charge is 0.463 e. The minimum absolute atomic E-state index is 0.0849. The summed E-state index contributed by atoms with van der Waals surface area (Å²) < 4.78 is 32.0. The second kappa shape index (κ2) is 10.7. The third-order valence-electron chi connectivity index (χ3n) is 5.37. The maximum atomic E-state index is 12.9. The molecule has 1 saturated heterocycles. The first-order valence-electron chi connectivity index (χ1n) is 10.9. The molecular weight excluding hydrogens is 462 g/mol. The van der Waals surface area contributed by atoms with Gasteiger partial charge in [-0.1, -0.05) is 18.2 Å². The van der Waals surface area contributed by atoms with Crippen LogP contribution in [0, 0.1) is 10.1 Å². The van der Waals surface area contributed by atoms with Crippen molar-refractivity contribution in [1.29, 1.82) is 0 Å². The van der Waals surface area contributed by atoms with E-state index in [-0.39, 0.29) is 34.2 Å². The van der Waals surface area contributed by atoms with E-state index in [1.165, 1.54) is 46.8 Å². The van der Waals surface area contributed by atoms with Crippen LogP contribution in [-0.2, 0) is 19.6 Å². The first-order valence-corrected chi connectivity index (χ1v) is 12.4. The monoisotopic (exact) mass is 489 g/mol. The number of ether oxygens (including phenoxy) is 1. The van der Waals surface area contributed by atoms with Crippen molar-refractivity contribution in [3.05, 3.63) is 69.8 Å². The maximum Gasteiger partial charge on any atom is 0.308 e. The highest BCUT2D eigenvalue weighted by Gasteiger charge is 2.29. The van der Waals surface area contributed by atoms with Gasteiger partial charge in [-0.2, -0.15) is 4.31 Å². The van der Waals surface area contributed by atoms with E-state index in [1.807, 2.05) is 0 Å². The Hall–Kier alpha value is -3.31. The summed E-state index contributed by atoms with van der Waals surface area (Å²) in [7, 11) is -3.62. The Balaban J connectivity index is 1.84. The molecule has 1 amide bonds. The van der Waals surface area contributed by atoms with Gasteiger partial charge in [-0.25, -0.2) is 8.42 Å². The summed E-state index contributed by atoms with van der Waals surface area (Å²) in [5, 5.41) is 14.2. The number of nitrogens with one attached hydrogen (secondary N) is 1. The number of sulfonamides is 1. The number of rotatable bonds is 9. The van der Waals surface area contributed by atoms with Crippen molar-refractivity contribution >= 4 is 27.6 Å². The number of carbonyl (C=O) groups excluding carboxylic acids is 2. The third-order valence-corrected chi connectivity index (χ3v) is 7.28. The van der Waals surface area contributed by atoms with Crippen LogP contribution in [-0.4, -0.2) is 48.7 Å². The summed E-state index contributed by atoms with van der Waals surface area (Å²) in [4.78, 5) is 36.2. The van der Waals surface area contributed by atoms with Crippen LogP contribution < -0.4 is 5.32 Å². The van der Waals surface area contributed by atoms with Gasteiger partial charge in [0.05, 0.1) is 33.9 Å². The third kappa shape index (κ3) is 5.97. The summed E-state index contributed by atoms with van der Waals surface area (Å²) in [6, 6.07) is 10.3. The van der Waals surface area contributed by atoms with Gasteiger partial charge in [0.1, 0.15) is 0 Å². The normalized spacial score (nSPS) is 15.1. The molecule has 0 aliphatic carbocycles. The molecule has 0 spiro atoms. The van der Waals surface area contributed by atoms with Gasteiger partial charge in [0.15, 0.2) is 0 Å². The van der Waals surface area contributed by atoms with E-state index in [0.717, 1.165) is 12.8 Å². The molecule has 0 radical (unpaired) electrons. The van der Waals surface area contributed by atoms with Crippen LogP contribution in [0.15, 0.2) is 53.4 Å². The SMILES string of the molecule is CC(C)OC(=O)CC(NC(=O)c1ccc(S(=O)(=O)N2CCCC2)cc1)c1ccccc1[N+](=O)[O-]. The molecule has 0 bridgehead atoms. The molecule has 1 fully saturated rings. The zero-order chi connectivity index (χ0) is 24.9. The maximum absolute atomic E-state index is 12.9. The summed E-state index contributed by atoms with van der Waals surface area (Å²) in [6.07, 6.45) is 0.924. The number of para-hydroxylation sites is 1. The molecule has 2 aromatic carbocycles. The van der Waals surface area contributed by atoms with E-state index in [0.29, 0.717) is 13.1 Å². The van der Waals surface area contributed by atoms with Crippen molar-refractivity contribution < 1.29 is 27.7 Å². The van der Waals surface area contributed by atoms with Crippen molar-refractivity contribution in [2.24, 2.45) is 0 Å². The first-order chi connectivity index (χ1) is 16.1. The predicted molar refractivity (Wildman–Crippen MR) is 124 cm³/mol. The van der Waals surface area contributed by atoms with Crippen molar-refractivity contribution in [3.63, 3.8) is 0 Å². The molecular formula is C23H27N3O7S. The first kappa shape index (κ1) is 25.3. The molecule has 10 nitrogen and oxygen atoms in total. The molecule has 1 aliphatic heterocycles. The Morgan fingerprint density at radius 2 is 1.71 bits per heavy atom. The number of nitro groups is 1. The standard InChI is InChI=1S/C23H27N3O7S/c1-16(2)33-22(27)15-20(19-7-3-4-8-21(19)26(29)30)24-23(28)17-9-11-18(12-10-17)34(31,32)25-13-5-6-14-25/h3-4,7-12,16,20H,5-6,13-15H2,1-2H3,(H,24,28). The van der Waals surface area contributed by atoms with Gasteiger partial charge in [-0.05, 0) is 51.0 Å². The molecule has 1 atom stereocenters. The van der Waals surface area contributed by atoms with E-state index in [2.05, 4.69) is 5.32 Å². The smallest absolute Gasteiger partial charge is 0.308 e. The van der Waals surface area contributed by atoms with Gasteiger partial charge in [0.2, 0.25) is 10.0 Å². The van der Waals surface area contributed by atoms with Gasteiger partial charge >= 0.3 is 5.97 Å². The molecule has 0 aromatic heterocycles. The average molecular weight is 490 g/mol. The Bertz CT molecular complexity index is 1160. The second-order valence-corrected chi connectivity index (χ2v) is 10.2. The van der Waals surface area contributed by atoms with Gasteiger partial charge in [0, 0.05) is 24.7 Å². The van der Waals surface area contributed by atoms with Gasteiger partial charge in [-0.15, -0.1) is 0 Å². The summed E-state index contributed by atoms with van der Waals surface area (Å²) in [5.41, 5.74) is 0.0770. The number of hydrogen-bond donors (Lipinski definition) is 1. The molecule has 1 aliphatic rings. The molecule has 1 unspecified atom stereocenters. The van der Waals surface area contributed by atoms with Gasteiger partial charge in [0.25, 0.3) is 11.6 Å². The Morgan fingerprint density at radius 3 is 2.29 bits per heavy atom. The number of nitro benzene ring substituents is 1. The minimum atomic E-state index is -3.62. The van der Waals surface area contributed by atoms with Crippen LogP contribution in [0.2, 0.25) is 0 Å². The lowest BCUT2D eigenvalue weighted by atomic mass is 10.0. The lowest BCUT2D eigenvalue weighted by Gasteiger charge is -2.20. The quantitative estimate of drug-likeness (QED) is 0.324. The molecule has 1 N–H and O–H groups in total. The highest BCUT2D eigenvalue weighted by molar-refractivity contribution is 7.89. The fourth-order valence-corrected chi connectivity index (χ4v) is 5.28. The fourth-order valence-electron chi connectivity index (χ4n) is 3.76. The van der Waals surface area contributed by atoms with E-state index in [1.54, 1.807) is 19.9 Å². The highest BCUT2D eigenvalue weighted by Crippen LogP contribution is 2.28. The molecule has 1 heterocycles. The van der Waals surface area contributed by atoms with Crippen LogP contribution >= 0.6 is 0 Å². The summed E-state index contributed by atoms with van der Waals surface area (Å²) >= 11 is 0. The van der Waals surface area contributed by atoms with E-state index in [4.69, 9.17) is 4.74 Å².